The third-order valence-electron chi connectivity index (χ3n) is 6.30. The van der Waals surface area contributed by atoms with Gasteiger partial charge in [0, 0.05) is 45.3 Å². The minimum atomic E-state index is -0.432. The molecule has 3 aliphatic rings. The number of rotatable bonds is 6. The minimum absolute atomic E-state index is 0.0185. The van der Waals surface area contributed by atoms with Crippen molar-refractivity contribution in [3.05, 3.63) is 35.6 Å². The number of piperazine rings is 1. The maximum atomic E-state index is 13.4. The normalized spacial score (nSPS) is 23.1. The van der Waals surface area contributed by atoms with Gasteiger partial charge in [0.25, 0.3) is 0 Å². The number of hydrogen-bond acceptors (Lipinski definition) is 5. The Bertz CT molecular complexity index is 741. The molecule has 2 atom stereocenters. The van der Waals surface area contributed by atoms with Crippen molar-refractivity contribution in [2.75, 3.05) is 52.5 Å². The predicted octanol–water partition coefficient (Wildman–Crippen LogP) is 1.01. The number of amides is 2. The zero-order valence-corrected chi connectivity index (χ0v) is 17.6. The molecular weight excluding hydrogens is 387 g/mol. The molecule has 0 spiro atoms. The van der Waals surface area contributed by atoms with Crippen LogP contribution in [0.4, 0.5) is 4.39 Å². The van der Waals surface area contributed by atoms with Crippen molar-refractivity contribution < 1.29 is 18.7 Å². The van der Waals surface area contributed by atoms with E-state index in [2.05, 4.69) is 15.1 Å². The molecule has 1 saturated carbocycles. The van der Waals surface area contributed by atoms with E-state index >= 15 is 0 Å². The van der Waals surface area contributed by atoms with E-state index < -0.39 is 6.04 Å². The summed E-state index contributed by atoms with van der Waals surface area (Å²) in [6, 6.07) is 5.87. The number of nitrogens with one attached hydrogen (secondary N) is 1. The van der Waals surface area contributed by atoms with Gasteiger partial charge in [-0.05, 0) is 37.5 Å². The lowest BCUT2D eigenvalue weighted by molar-refractivity contribution is -0.142. The number of carbonyl (C=O) groups excluding carboxylic acids is 2. The molecule has 0 radical (unpaired) electrons. The first-order chi connectivity index (χ1) is 14.5. The van der Waals surface area contributed by atoms with Crippen molar-refractivity contribution in [3.8, 4) is 0 Å². The molecule has 8 heteroatoms. The highest BCUT2D eigenvalue weighted by Gasteiger charge is 2.36. The van der Waals surface area contributed by atoms with Gasteiger partial charge in [0.05, 0.1) is 19.3 Å². The number of nitrogens with zero attached hydrogens (tertiary/aromatic N) is 3. The number of benzene rings is 1. The molecule has 2 heterocycles. The molecule has 1 aromatic carbocycles. The van der Waals surface area contributed by atoms with E-state index in [0.717, 1.165) is 18.4 Å². The standard InChI is InChI=1S/C22H31FN4O3/c1-16(22(29)27-12-14-30-15-13-27)25-8-10-26(11-9-25)20(21(28)24-19-6-7-19)17-2-4-18(23)5-3-17/h2-5,16,19-20H,6-15H2,1H3,(H,24,28). The highest BCUT2D eigenvalue weighted by molar-refractivity contribution is 5.84. The van der Waals surface area contributed by atoms with Gasteiger partial charge in [-0.3, -0.25) is 19.4 Å². The third kappa shape index (κ3) is 4.99. The van der Waals surface area contributed by atoms with E-state index in [-0.39, 0.29) is 29.7 Å². The SMILES string of the molecule is CC(C(=O)N1CCOCC1)N1CCN(C(C(=O)NC2CC2)c2ccc(F)cc2)CC1. The van der Waals surface area contributed by atoms with E-state index in [1.54, 1.807) is 12.1 Å². The molecule has 164 valence electrons. The van der Waals surface area contributed by atoms with Crippen LogP contribution in [0.2, 0.25) is 0 Å². The first kappa shape index (κ1) is 21.2. The Morgan fingerprint density at radius 1 is 1.00 bits per heavy atom. The van der Waals surface area contributed by atoms with Gasteiger partial charge in [-0.2, -0.15) is 0 Å². The fraction of sp³-hybridized carbons (Fsp3) is 0.636. The monoisotopic (exact) mass is 418 g/mol. The summed E-state index contributed by atoms with van der Waals surface area (Å²) in [5.41, 5.74) is 0.806. The van der Waals surface area contributed by atoms with Crippen molar-refractivity contribution in [2.24, 2.45) is 0 Å². The maximum absolute atomic E-state index is 13.4. The largest absolute Gasteiger partial charge is 0.378 e. The van der Waals surface area contributed by atoms with Crippen LogP contribution in [0.3, 0.4) is 0 Å². The average molecular weight is 419 g/mol. The van der Waals surface area contributed by atoms with E-state index in [1.807, 2.05) is 11.8 Å². The Morgan fingerprint density at radius 3 is 2.20 bits per heavy atom. The highest BCUT2D eigenvalue weighted by atomic mass is 19.1. The number of carbonyl (C=O) groups is 2. The fourth-order valence-corrected chi connectivity index (χ4v) is 4.27. The van der Waals surface area contributed by atoms with Crippen LogP contribution in [0.1, 0.15) is 31.4 Å². The zero-order valence-electron chi connectivity index (χ0n) is 17.6. The van der Waals surface area contributed by atoms with Crippen LogP contribution in [-0.2, 0) is 14.3 Å². The van der Waals surface area contributed by atoms with E-state index in [0.29, 0.717) is 52.5 Å². The smallest absolute Gasteiger partial charge is 0.242 e. The van der Waals surface area contributed by atoms with Gasteiger partial charge >= 0.3 is 0 Å². The van der Waals surface area contributed by atoms with Crippen molar-refractivity contribution >= 4 is 11.8 Å². The topological polar surface area (TPSA) is 65.1 Å². The summed E-state index contributed by atoms with van der Waals surface area (Å²) < 4.78 is 18.8. The Kier molecular flexibility index (Phi) is 6.65. The third-order valence-corrected chi connectivity index (χ3v) is 6.30. The van der Waals surface area contributed by atoms with Crippen LogP contribution in [0.25, 0.3) is 0 Å². The summed E-state index contributed by atoms with van der Waals surface area (Å²) in [6.45, 7) is 7.25. The van der Waals surface area contributed by atoms with Crippen LogP contribution >= 0.6 is 0 Å². The molecule has 4 rings (SSSR count). The molecule has 2 unspecified atom stereocenters. The Morgan fingerprint density at radius 2 is 1.60 bits per heavy atom. The molecule has 1 aliphatic carbocycles. The molecule has 2 amide bonds. The second kappa shape index (κ2) is 9.41. The van der Waals surface area contributed by atoms with Crippen molar-refractivity contribution in [3.63, 3.8) is 0 Å². The first-order valence-electron chi connectivity index (χ1n) is 10.9. The van der Waals surface area contributed by atoms with E-state index in [9.17, 15) is 14.0 Å². The summed E-state index contributed by atoms with van der Waals surface area (Å²) in [7, 11) is 0. The molecule has 3 fully saturated rings. The molecule has 0 aromatic heterocycles. The minimum Gasteiger partial charge on any atom is -0.378 e. The van der Waals surface area contributed by atoms with Gasteiger partial charge in [-0.1, -0.05) is 12.1 Å². The lowest BCUT2D eigenvalue weighted by Gasteiger charge is -2.42. The number of ether oxygens (including phenoxy) is 1. The molecule has 1 aromatic rings. The quantitative estimate of drug-likeness (QED) is 0.747. The van der Waals surface area contributed by atoms with Gasteiger partial charge < -0.3 is 15.0 Å². The number of morpholine rings is 1. The molecule has 30 heavy (non-hydrogen) atoms. The molecule has 2 saturated heterocycles. The summed E-state index contributed by atoms with van der Waals surface area (Å²) in [5, 5.41) is 3.10. The Hall–Kier alpha value is -2.03. The van der Waals surface area contributed by atoms with Crippen LogP contribution in [0.5, 0.6) is 0 Å². The fourth-order valence-electron chi connectivity index (χ4n) is 4.27. The molecule has 1 N–H and O–H groups in total. The summed E-state index contributed by atoms with van der Waals surface area (Å²) >= 11 is 0. The summed E-state index contributed by atoms with van der Waals surface area (Å²) in [4.78, 5) is 32.0. The lowest BCUT2D eigenvalue weighted by atomic mass is 10.0. The summed E-state index contributed by atoms with van der Waals surface area (Å²) in [5.74, 6) is -0.177. The van der Waals surface area contributed by atoms with Gasteiger partial charge in [-0.15, -0.1) is 0 Å². The van der Waals surface area contributed by atoms with Crippen LogP contribution in [0, 0.1) is 5.82 Å². The predicted molar refractivity (Wildman–Crippen MR) is 110 cm³/mol. The van der Waals surface area contributed by atoms with Crippen molar-refractivity contribution in [1.82, 2.24) is 20.0 Å². The Labute approximate surface area is 177 Å². The lowest BCUT2D eigenvalue weighted by Crippen LogP contribution is -2.57. The highest BCUT2D eigenvalue weighted by Crippen LogP contribution is 2.26. The van der Waals surface area contributed by atoms with Gasteiger partial charge in [0.2, 0.25) is 11.8 Å². The number of hydrogen-bond donors (Lipinski definition) is 1. The summed E-state index contributed by atoms with van der Waals surface area (Å²) in [6.07, 6.45) is 2.05. The van der Waals surface area contributed by atoms with Gasteiger partial charge in [0.1, 0.15) is 11.9 Å². The van der Waals surface area contributed by atoms with Crippen LogP contribution in [0.15, 0.2) is 24.3 Å². The second-order valence-electron chi connectivity index (χ2n) is 8.42. The number of halogens is 1. The van der Waals surface area contributed by atoms with E-state index in [4.69, 9.17) is 4.74 Å². The molecule has 2 aliphatic heterocycles. The van der Waals surface area contributed by atoms with Crippen molar-refractivity contribution in [1.29, 1.82) is 0 Å². The molecule has 0 bridgehead atoms. The Balaban J connectivity index is 1.39. The average Bonchev–Trinajstić information content (AvgIpc) is 3.59. The zero-order chi connectivity index (χ0) is 21.1. The van der Waals surface area contributed by atoms with E-state index in [1.165, 1.54) is 12.1 Å². The maximum Gasteiger partial charge on any atom is 0.242 e. The second-order valence-corrected chi connectivity index (χ2v) is 8.42. The molecular formula is C22H31FN4O3. The van der Waals surface area contributed by atoms with Gasteiger partial charge in [0.15, 0.2) is 0 Å². The van der Waals surface area contributed by atoms with Crippen molar-refractivity contribution in [2.45, 2.75) is 37.9 Å². The van der Waals surface area contributed by atoms with Crippen LogP contribution < -0.4 is 5.32 Å². The first-order valence-corrected chi connectivity index (χ1v) is 10.9. The molecule has 7 nitrogen and oxygen atoms in total. The van der Waals surface area contributed by atoms with Crippen LogP contribution in [-0.4, -0.2) is 91.1 Å². The van der Waals surface area contributed by atoms with Gasteiger partial charge in [-0.25, -0.2) is 4.39 Å².